The fourth-order valence-electron chi connectivity index (χ4n) is 0.531. The molecule has 0 saturated carbocycles. The summed E-state index contributed by atoms with van der Waals surface area (Å²) in [6.07, 6.45) is 0.381. The number of rotatable bonds is 4. The highest BCUT2D eigenvalue weighted by molar-refractivity contribution is 6.76. The minimum atomic E-state index is -1.52. The van der Waals surface area contributed by atoms with Crippen LogP contribution in [-0.2, 0) is 9.16 Å². The van der Waals surface area contributed by atoms with Gasteiger partial charge in [-0.25, -0.2) is 0 Å². The molecular formula is C7H14O2Si. The highest BCUT2D eigenvalue weighted by Crippen LogP contribution is 2.13. The maximum absolute atomic E-state index is 5.60. The molecule has 0 aromatic carbocycles. The van der Waals surface area contributed by atoms with Gasteiger partial charge in [0, 0.05) is 0 Å². The van der Waals surface area contributed by atoms with Crippen LogP contribution in [0.5, 0.6) is 0 Å². The summed E-state index contributed by atoms with van der Waals surface area (Å²) < 4.78 is 10.6. The van der Waals surface area contributed by atoms with Crippen molar-refractivity contribution in [3.63, 3.8) is 0 Å². The zero-order valence-corrected chi connectivity index (χ0v) is 7.59. The predicted molar refractivity (Wildman–Crippen MR) is 43.4 cm³/mol. The zero-order valence-electron chi connectivity index (χ0n) is 6.59. The summed E-state index contributed by atoms with van der Waals surface area (Å²) in [6, 6.07) is 0. The van der Waals surface area contributed by atoms with Gasteiger partial charge in [0.2, 0.25) is 8.32 Å². The van der Waals surface area contributed by atoms with Crippen LogP contribution < -0.4 is 0 Å². The van der Waals surface area contributed by atoms with E-state index in [0.29, 0.717) is 6.10 Å². The van der Waals surface area contributed by atoms with Gasteiger partial charge in [0.1, 0.15) is 6.10 Å². The van der Waals surface area contributed by atoms with E-state index >= 15 is 0 Å². The molecule has 58 valence electrons. The minimum absolute atomic E-state index is 0.381. The lowest BCUT2D eigenvalue weighted by atomic mass is 10.5. The molecule has 2 nitrogen and oxygen atoms in total. The van der Waals surface area contributed by atoms with Crippen molar-refractivity contribution in [3.8, 4) is 0 Å². The molecule has 1 heterocycles. The van der Waals surface area contributed by atoms with Gasteiger partial charge in [-0.3, -0.25) is 0 Å². The summed E-state index contributed by atoms with van der Waals surface area (Å²) in [7, 11) is -1.52. The molecule has 1 atom stereocenters. The van der Waals surface area contributed by atoms with E-state index < -0.39 is 8.32 Å². The molecule has 1 unspecified atom stereocenters. The Morgan fingerprint density at radius 1 is 1.80 bits per heavy atom. The molecule has 1 rings (SSSR count). The number of hydrogen-bond acceptors (Lipinski definition) is 2. The standard InChI is InChI=1S/C7H14O2Si/c1-4-10(2,3)9-6-7-5-8-7/h4,7H,1,5-6H2,2-3H3. The third kappa shape index (κ3) is 2.64. The van der Waals surface area contributed by atoms with Crippen LogP contribution >= 0.6 is 0 Å². The van der Waals surface area contributed by atoms with E-state index in [0.717, 1.165) is 13.2 Å². The van der Waals surface area contributed by atoms with Gasteiger partial charge in [0.25, 0.3) is 0 Å². The van der Waals surface area contributed by atoms with E-state index in [9.17, 15) is 0 Å². The third-order valence-corrected chi connectivity index (χ3v) is 3.43. The van der Waals surface area contributed by atoms with E-state index in [4.69, 9.17) is 9.16 Å². The Bertz CT molecular complexity index is 130. The molecule has 0 bridgehead atoms. The van der Waals surface area contributed by atoms with Crippen molar-refractivity contribution in [3.05, 3.63) is 12.3 Å². The maximum Gasteiger partial charge on any atom is 0.210 e. The maximum atomic E-state index is 5.60. The molecule has 3 heteroatoms. The summed E-state index contributed by atoms with van der Waals surface area (Å²) >= 11 is 0. The topological polar surface area (TPSA) is 21.8 Å². The van der Waals surface area contributed by atoms with Crippen molar-refractivity contribution in [1.82, 2.24) is 0 Å². The smallest absolute Gasteiger partial charge is 0.210 e. The highest BCUT2D eigenvalue weighted by atomic mass is 28.4. The molecule has 0 spiro atoms. The Morgan fingerprint density at radius 3 is 2.80 bits per heavy atom. The van der Waals surface area contributed by atoms with Crippen molar-refractivity contribution in [1.29, 1.82) is 0 Å². The molecule has 10 heavy (non-hydrogen) atoms. The molecule has 1 saturated heterocycles. The predicted octanol–water partition coefficient (Wildman–Crippen LogP) is 1.33. The van der Waals surface area contributed by atoms with E-state index in [2.05, 4.69) is 19.7 Å². The lowest BCUT2D eigenvalue weighted by Crippen LogP contribution is -2.29. The average molecular weight is 158 g/mol. The molecular weight excluding hydrogens is 144 g/mol. The van der Waals surface area contributed by atoms with Gasteiger partial charge in [-0.1, -0.05) is 5.70 Å². The van der Waals surface area contributed by atoms with Crippen molar-refractivity contribution < 1.29 is 9.16 Å². The van der Waals surface area contributed by atoms with Crippen LogP contribution in [0, 0.1) is 0 Å². The Labute approximate surface area is 63.0 Å². The van der Waals surface area contributed by atoms with Crippen molar-refractivity contribution in [2.75, 3.05) is 13.2 Å². The molecule has 1 fully saturated rings. The Balaban J connectivity index is 2.14. The van der Waals surface area contributed by atoms with E-state index in [1.54, 1.807) is 0 Å². The van der Waals surface area contributed by atoms with Gasteiger partial charge in [0.15, 0.2) is 0 Å². The van der Waals surface area contributed by atoms with E-state index in [-0.39, 0.29) is 0 Å². The first kappa shape index (κ1) is 7.98. The minimum Gasteiger partial charge on any atom is -0.411 e. The van der Waals surface area contributed by atoms with E-state index in [1.165, 1.54) is 0 Å². The number of epoxide rings is 1. The van der Waals surface area contributed by atoms with Crippen molar-refractivity contribution in [2.24, 2.45) is 0 Å². The van der Waals surface area contributed by atoms with Crippen LogP contribution in [-0.4, -0.2) is 27.6 Å². The summed E-state index contributed by atoms with van der Waals surface area (Å²) in [6.45, 7) is 9.61. The molecule has 0 aromatic heterocycles. The average Bonchev–Trinajstić information content (AvgIpc) is 2.66. The zero-order chi connectivity index (χ0) is 7.61. The molecule has 0 amide bonds. The molecule has 1 aliphatic heterocycles. The summed E-state index contributed by atoms with van der Waals surface area (Å²) in [5, 5.41) is 0. The normalized spacial score (nSPS) is 24.4. The van der Waals surface area contributed by atoms with Gasteiger partial charge in [0.05, 0.1) is 13.2 Å². The quantitative estimate of drug-likeness (QED) is 0.455. The number of ether oxygens (including phenoxy) is 1. The number of hydrogen-bond donors (Lipinski definition) is 0. The first-order valence-electron chi connectivity index (χ1n) is 3.53. The Hall–Kier alpha value is -0.123. The molecule has 1 aliphatic rings. The lowest BCUT2D eigenvalue weighted by Gasteiger charge is -2.16. The largest absolute Gasteiger partial charge is 0.411 e. The molecule has 0 aliphatic carbocycles. The molecule has 0 radical (unpaired) electrons. The second-order valence-electron chi connectivity index (χ2n) is 3.07. The van der Waals surface area contributed by atoms with Crippen LogP contribution in [0.25, 0.3) is 0 Å². The van der Waals surface area contributed by atoms with Gasteiger partial charge < -0.3 is 9.16 Å². The monoisotopic (exact) mass is 158 g/mol. The first-order chi connectivity index (χ1) is 4.64. The lowest BCUT2D eigenvalue weighted by molar-refractivity contribution is 0.260. The molecule has 0 N–H and O–H groups in total. The van der Waals surface area contributed by atoms with E-state index in [1.807, 2.05) is 5.70 Å². The Kier molecular flexibility index (Phi) is 2.28. The van der Waals surface area contributed by atoms with Crippen molar-refractivity contribution in [2.45, 2.75) is 19.2 Å². The fourth-order valence-corrected chi connectivity index (χ4v) is 1.26. The molecule has 0 aromatic rings. The van der Waals surface area contributed by atoms with Crippen molar-refractivity contribution >= 4 is 8.32 Å². The summed E-state index contributed by atoms with van der Waals surface area (Å²) in [5.41, 5.74) is 1.94. The van der Waals surface area contributed by atoms with Crippen LogP contribution in [0.1, 0.15) is 0 Å². The van der Waals surface area contributed by atoms with Crippen LogP contribution in [0.2, 0.25) is 13.1 Å². The SMILES string of the molecule is C=C[Si](C)(C)OCC1CO1. The Morgan fingerprint density at radius 2 is 2.40 bits per heavy atom. The summed E-state index contributed by atoms with van der Waals surface area (Å²) in [5.74, 6) is 0. The van der Waals surface area contributed by atoms with Crippen LogP contribution in [0.15, 0.2) is 12.3 Å². The van der Waals surface area contributed by atoms with Gasteiger partial charge >= 0.3 is 0 Å². The van der Waals surface area contributed by atoms with Crippen LogP contribution in [0.4, 0.5) is 0 Å². The highest BCUT2D eigenvalue weighted by Gasteiger charge is 2.26. The van der Waals surface area contributed by atoms with Gasteiger partial charge in [-0.2, -0.15) is 0 Å². The van der Waals surface area contributed by atoms with Gasteiger partial charge in [-0.05, 0) is 13.1 Å². The summed E-state index contributed by atoms with van der Waals surface area (Å²) in [4.78, 5) is 0. The fraction of sp³-hybridized carbons (Fsp3) is 0.714. The van der Waals surface area contributed by atoms with Gasteiger partial charge in [-0.15, -0.1) is 6.58 Å². The second-order valence-corrected chi connectivity index (χ2v) is 6.98. The third-order valence-electron chi connectivity index (χ3n) is 1.54. The second kappa shape index (κ2) is 2.86. The van der Waals surface area contributed by atoms with Crippen LogP contribution in [0.3, 0.4) is 0 Å². The first-order valence-corrected chi connectivity index (χ1v) is 6.52.